The number of anilines is 1. The average molecular weight is 470 g/mol. The Morgan fingerprint density at radius 1 is 0.857 bits per heavy atom. The van der Waals surface area contributed by atoms with Crippen LogP contribution in [0.5, 0.6) is 5.75 Å². The van der Waals surface area contributed by atoms with Crippen LogP contribution in [-0.2, 0) is 19.5 Å². The highest BCUT2D eigenvalue weighted by Gasteiger charge is 2.21. The fourth-order valence-corrected chi connectivity index (χ4v) is 5.27. The summed E-state index contributed by atoms with van der Waals surface area (Å²) in [5.41, 5.74) is 5.17. The molecule has 1 saturated heterocycles. The largest absolute Gasteiger partial charge is 0.412 e. The van der Waals surface area contributed by atoms with Crippen molar-refractivity contribution in [3.8, 4) is 5.75 Å². The second-order valence-electron chi connectivity index (χ2n) is 9.76. The molecular weight excluding hydrogens is 434 g/mol. The lowest BCUT2D eigenvalue weighted by molar-refractivity contribution is 0.169. The first kappa shape index (κ1) is 23.4. The van der Waals surface area contributed by atoms with Crippen LogP contribution in [0.25, 0.3) is 0 Å². The molecule has 5 nitrogen and oxygen atoms in total. The smallest absolute Gasteiger partial charge is 0.410 e. The van der Waals surface area contributed by atoms with Gasteiger partial charge in [-0.15, -0.1) is 0 Å². The Morgan fingerprint density at radius 2 is 1.54 bits per heavy atom. The number of ether oxygens (including phenoxy) is 1. The Bertz CT molecular complexity index is 1100. The molecule has 35 heavy (non-hydrogen) atoms. The molecule has 0 spiro atoms. The van der Waals surface area contributed by atoms with E-state index in [1.54, 1.807) is 0 Å². The Balaban J connectivity index is 1.02. The topological polar surface area (TPSA) is 44.8 Å². The number of carbonyl (C=O) groups is 1. The standard InChI is InChI=1S/C30H35N3O2/c34-30(31-17-13-24-14-18-32(19-15-24)22-25-7-3-1-4-8-25)35-28-11-12-29-27(21-28)16-20-33(29)23-26-9-5-2-6-10-26/h1-12,21,24H,13-20,22-23H2,(H,31,34). The van der Waals surface area contributed by atoms with Crippen LogP contribution in [0, 0.1) is 5.92 Å². The molecule has 0 saturated carbocycles. The van der Waals surface area contributed by atoms with Gasteiger partial charge in [0.2, 0.25) is 0 Å². The molecule has 0 unspecified atom stereocenters. The molecular formula is C30H35N3O2. The summed E-state index contributed by atoms with van der Waals surface area (Å²) >= 11 is 0. The molecule has 5 rings (SSSR count). The van der Waals surface area contributed by atoms with Crippen molar-refractivity contribution in [2.45, 2.75) is 38.8 Å². The van der Waals surface area contributed by atoms with Crippen molar-refractivity contribution >= 4 is 11.8 Å². The van der Waals surface area contributed by atoms with Gasteiger partial charge >= 0.3 is 6.09 Å². The van der Waals surface area contributed by atoms with E-state index in [2.05, 4.69) is 75.8 Å². The van der Waals surface area contributed by atoms with Gasteiger partial charge in [-0.25, -0.2) is 4.79 Å². The molecule has 3 aromatic carbocycles. The van der Waals surface area contributed by atoms with E-state index in [1.165, 1.54) is 35.2 Å². The Labute approximate surface area is 208 Å². The van der Waals surface area contributed by atoms with E-state index in [4.69, 9.17) is 4.74 Å². The van der Waals surface area contributed by atoms with Gasteiger partial charge in [-0.05, 0) is 79.6 Å². The second-order valence-corrected chi connectivity index (χ2v) is 9.76. The predicted octanol–water partition coefficient (Wildman–Crippen LogP) is 5.64. The summed E-state index contributed by atoms with van der Waals surface area (Å²) in [7, 11) is 0. The van der Waals surface area contributed by atoms with E-state index in [9.17, 15) is 4.79 Å². The van der Waals surface area contributed by atoms with E-state index >= 15 is 0 Å². The third-order valence-corrected chi connectivity index (χ3v) is 7.25. The zero-order chi connectivity index (χ0) is 23.9. The highest BCUT2D eigenvalue weighted by molar-refractivity contribution is 5.71. The van der Waals surface area contributed by atoms with Gasteiger partial charge in [0.25, 0.3) is 0 Å². The number of carbonyl (C=O) groups excluding carboxylic acids is 1. The number of fused-ring (bicyclic) bond motifs is 1. The van der Waals surface area contributed by atoms with Crippen LogP contribution in [0.1, 0.15) is 36.0 Å². The minimum Gasteiger partial charge on any atom is -0.410 e. The lowest BCUT2D eigenvalue weighted by Crippen LogP contribution is -2.35. The maximum absolute atomic E-state index is 12.4. The quantitative estimate of drug-likeness (QED) is 0.464. The highest BCUT2D eigenvalue weighted by Crippen LogP contribution is 2.32. The first-order valence-corrected chi connectivity index (χ1v) is 12.9. The normalized spacial score (nSPS) is 16.2. The molecule has 2 aliphatic rings. The third-order valence-electron chi connectivity index (χ3n) is 7.25. The molecule has 0 aliphatic carbocycles. The molecule has 5 heteroatoms. The van der Waals surface area contributed by atoms with Gasteiger partial charge in [0.05, 0.1) is 0 Å². The van der Waals surface area contributed by atoms with Gasteiger partial charge in [-0.3, -0.25) is 4.90 Å². The van der Waals surface area contributed by atoms with Crippen LogP contribution >= 0.6 is 0 Å². The van der Waals surface area contributed by atoms with Crippen LogP contribution in [0.15, 0.2) is 78.9 Å². The molecule has 0 atom stereocenters. The predicted molar refractivity (Wildman–Crippen MR) is 141 cm³/mol. The highest BCUT2D eigenvalue weighted by atomic mass is 16.6. The molecule has 0 radical (unpaired) electrons. The molecule has 2 aliphatic heterocycles. The van der Waals surface area contributed by atoms with Crippen LogP contribution in [0.2, 0.25) is 0 Å². The fourth-order valence-electron chi connectivity index (χ4n) is 5.27. The molecule has 0 aromatic heterocycles. The van der Waals surface area contributed by atoms with Gasteiger partial charge in [-0.1, -0.05) is 60.7 Å². The molecule has 3 aromatic rings. The van der Waals surface area contributed by atoms with Crippen molar-refractivity contribution in [3.05, 3.63) is 95.6 Å². The van der Waals surface area contributed by atoms with Crippen LogP contribution in [0.4, 0.5) is 10.5 Å². The number of nitrogens with one attached hydrogen (secondary N) is 1. The SMILES string of the molecule is O=C(NCCC1CCN(Cc2ccccc2)CC1)Oc1ccc2c(c1)CCN2Cc1ccccc1. The maximum atomic E-state index is 12.4. The number of rotatable bonds is 8. The van der Waals surface area contributed by atoms with Crippen molar-refractivity contribution in [1.82, 2.24) is 10.2 Å². The van der Waals surface area contributed by atoms with Gasteiger partial charge in [0.1, 0.15) is 5.75 Å². The van der Waals surface area contributed by atoms with E-state index in [1.807, 2.05) is 18.2 Å². The number of piperidine rings is 1. The van der Waals surface area contributed by atoms with E-state index in [0.717, 1.165) is 45.6 Å². The van der Waals surface area contributed by atoms with Crippen molar-refractivity contribution in [2.24, 2.45) is 5.92 Å². The summed E-state index contributed by atoms with van der Waals surface area (Å²) in [6.45, 7) is 5.84. The summed E-state index contributed by atoms with van der Waals surface area (Å²) in [6.07, 6.45) is 4.00. The number of nitrogens with zero attached hydrogens (tertiary/aromatic N) is 2. The summed E-state index contributed by atoms with van der Waals surface area (Å²) in [5.74, 6) is 1.29. The van der Waals surface area contributed by atoms with E-state index in [0.29, 0.717) is 18.2 Å². The van der Waals surface area contributed by atoms with Crippen molar-refractivity contribution < 1.29 is 9.53 Å². The lowest BCUT2D eigenvalue weighted by Gasteiger charge is -2.32. The lowest BCUT2D eigenvalue weighted by atomic mass is 9.93. The second kappa shape index (κ2) is 11.4. The minimum absolute atomic E-state index is 0.356. The summed E-state index contributed by atoms with van der Waals surface area (Å²) in [6, 6.07) is 27.2. The molecule has 1 fully saturated rings. The Hall–Kier alpha value is -3.31. The van der Waals surface area contributed by atoms with Crippen molar-refractivity contribution in [3.63, 3.8) is 0 Å². The zero-order valence-electron chi connectivity index (χ0n) is 20.4. The average Bonchev–Trinajstić information content (AvgIpc) is 3.28. The monoisotopic (exact) mass is 469 g/mol. The van der Waals surface area contributed by atoms with E-state index in [-0.39, 0.29) is 6.09 Å². The first-order valence-electron chi connectivity index (χ1n) is 12.9. The van der Waals surface area contributed by atoms with Gasteiger partial charge in [0.15, 0.2) is 0 Å². The molecule has 1 N–H and O–H groups in total. The Morgan fingerprint density at radius 3 is 2.26 bits per heavy atom. The van der Waals surface area contributed by atoms with Crippen molar-refractivity contribution in [1.29, 1.82) is 0 Å². The van der Waals surface area contributed by atoms with Gasteiger partial charge in [0, 0.05) is 31.9 Å². The number of amides is 1. The van der Waals surface area contributed by atoms with Gasteiger partial charge < -0.3 is 15.0 Å². The molecule has 1 amide bonds. The maximum Gasteiger partial charge on any atom is 0.412 e. The summed E-state index contributed by atoms with van der Waals surface area (Å²) < 4.78 is 5.59. The first-order chi connectivity index (χ1) is 17.2. The zero-order valence-corrected chi connectivity index (χ0v) is 20.4. The molecule has 2 heterocycles. The molecule has 0 bridgehead atoms. The molecule has 182 valence electrons. The van der Waals surface area contributed by atoms with Crippen LogP contribution < -0.4 is 15.0 Å². The number of hydrogen-bond acceptors (Lipinski definition) is 4. The number of hydrogen-bond donors (Lipinski definition) is 1. The van der Waals surface area contributed by atoms with Crippen LogP contribution in [-0.4, -0.2) is 37.2 Å². The third kappa shape index (κ3) is 6.43. The Kier molecular flexibility index (Phi) is 7.64. The van der Waals surface area contributed by atoms with Crippen molar-refractivity contribution in [2.75, 3.05) is 31.1 Å². The summed E-state index contributed by atoms with van der Waals surface area (Å²) in [5, 5.41) is 2.95. The van der Waals surface area contributed by atoms with Gasteiger partial charge in [-0.2, -0.15) is 0 Å². The summed E-state index contributed by atoms with van der Waals surface area (Å²) in [4.78, 5) is 17.3. The fraction of sp³-hybridized carbons (Fsp3) is 0.367. The van der Waals surface area contributed by atoms with E-state index < -0.39 is 0 Å². The number of benzene rings is 3. The number of likely N-dealkylation sites (tertiary alicyclic amines) is 1. The van der Waals surface area contributed by atoms with Crippen LogP contribution in [0.3, 0.4) is 0 Å². The minimum atomic E-state index is -0.356.